The Morgan fingerprint density at radius 3 is 2.40 bits per heavy atom. The first kappa shape index (κ1) is 21.4. The first-order valence-electron chi connectivity index (χ1n) is 9.05. The smallest absolute Gasteiger partial charge is 0.161 e. The van der Waals surface area contributed by atoms with Crippen molar-refractivity contribution < 1.29 is 18.6 Å². The van der Waals surface area contributed by atoms with E-state index < -0.39 is 0 Å². The monoisotopic (exact) mass is 467 g/mol. The Balaban J connectivity index is 1.82. The van der Waals surface area contributed by atoms with E-state index in [0.717, 1.165) is 5.56 Å². The second-order valence-corrected chi connectivity index (χ2v) is 7.16. The van der Waals surface area contributed by atoms with E-state index in [1.807, 2.05) is 12.1 Å². The van der Waals surface area contributed by atoms with Crippen LogP contribution in [-0.2, 0) is 6.61 Å². The maximum absolute atomic E-state index is 13.8. The van der Waals surface area contributed by atoms with Crippen LogP contribution in [0.25, 0.3) is 11.6 Å². The van der Waals surface area contributed by atoms with Crippen LogP contribution in [0.2, 0.25) is 0 Å². The van der Waals surface area contributed by atoms with Gasteiger partial charge < -0.3 is 14.2 Å². The van der Waals surface area contributed by atoms with Crippen molar-refractivity contribution in [3.05, 3.63) is 87.6 Å². The number of allylic oxidation sites excluding steroid dienone is 1. The van der Waals surface area contributed by atoms with Gasteiger partial charge in [-0.05, 0) is 69.5 Å². The number of nitrogens with zero attached hydrogens (tertiary/aromatic N) is 1. The molecule has 4 nitrogen and oxygen atoms in total. The number of nitriles is 1. The van der Waals surface area contributed by atoms with Crippen LogP contribution in [0.4, 0.5) is 4.39 Å². The topological polar surface area (TPSA) is 51.5 Å². The van der Waals surface area contributed by atoms with Gasteiger partial charge in [-0.1, -0.05) is 24.3 Å². The standard InChI is InChI=1S/C24H19BrFNO3/c1-28-23-10-8-17(13-24(23)29-2)19(14-27)11-16-7-9-22(20(25)12-16)30-15-18-5-3-4-6-21(18)26/h3-13H,15H2,1-2H3/b19-11+. The molecule has 0 amide bonds. The Kier molecular flexibility index (Phi) is 7.10. The molecule has 0 saturated carbocycles. The summed E-state index contributed by atoms with van der Waals surface area (Å²) in [6.45, 7) is 0.121. The van der Waals surface area contributed by atoms with Crippen LogP contribution in [0, 0.1) is 17.1 Å². The molecule has 30 heavy (non-hydrogen) atoms. The van der Waals surface area contributed by atoms with Crippen molar-refractivity contribution in [2.75, 3.05) is 14.2 Å². The molecule has 0 atom stereocenters. The van der Waals surface area contributed by atoms with Crippen molar-refractivity contribution in [3.63, 3.8) is 0 Å². The molecule has 0 aliphatic rings. The van der Waals surface area contributed by atoms with Gasteiger partial charge >= 0.3 is 0 Å². The summed E-state index contributed by atoms with van der Waals surface area (Å²) >= 11 is 3.48. The van der Waals surface area contributed by atoms with Crippen molar-refractivity contribution in [3.8, 4) is 23.3 Å². The molecular formula is C24H19BrFNO3. The maximum Gasteiger partial charge on any atom is 0.161 e. The van der Waals surface area contributed by atoms with Gasteiger partial charge in [0.05, 0.1) is 30.3 Å². The van der Waals surface area contributed by atoms with Gasteiger partial charge in [0, 0.05) is 5.56 Å². The van der Waals surface area contributed by atoms with E-state index in [1.54, 1.807) is 62.8 Å². The lowest BCUT2D eigenvalue weighted by Crippen LogP contribution is -1.98. The zero-order chi connectivity index (χ0) is 21.5. The largest absolute Gasteiger partial charge is 0.493 e. The predicted molar refractivity (Wildman–Crippen MR) is 118 cm³/mol. The van der Waals surface area contributed by atoms with Gasteiger partial charge in [-0.15, -0.1) is 0 Å². The summed E-state index contributed by atoms with van der Waals surface area (Å²) in [6, 6.07) is 19.5. The molecule has 3 rings (SSSR count). The summed E-state index contributed by atoms with van der Waals surface area (Å²) in [5, 5.41) is 9.63. The summed E-state index contributed by atoms with van der Waals surface area (Å²) in [5.41, 5.74) is 2.48. The Morgan fingerprint density at radius 1 is 1.00 bits per heavy atom. The van der Waals surface area contributed by atoms with E-state index in [2.05, 4.69) is 22.0 Å². The molecule has 0 N–H and O–H groups in total. The Labute approximate surface area is 183 Å². The molecule has 152 valence electrons. The van der Waals surface area contributed by atoms with Crippen LogP contribution in [0.5, 0.6) is 17.2 Å². The first-order chi connectivity index (χ1) is 14.5. The molecule has 0 bridgehead atoms. The fraction of sp³-hybridized carbons (Fsp3) is 0.125. The Morgan fingerprint density at radius 2 is 1.73 bits per heavy atom. The van der Waals surface area contributed by atoms with Gasteiger partial charge in [-0.2, -0.15) is 5.26 Å². The van der Waals surface area contributed by atoms with Crippen molar-refractivity contribution in [2.24, 2.45) is 0 Å². The number of halogens is 2. The molecule has 3 aromatic rings. The zero-order valence-corrected chi connectivity index (χ0v) is 18.1. The van der Waals surface area contributed by atoms with Crippen LogP contribution < -0.4 is 14.2 Å². The second kappa shape index (κ2) is 9.95. The number of hydrogen-bond acceptors (Lipinski definition) is 4. The number of rotatable bonds is 7. The van der Waals surface area contributed by atoms with Gasteiger partial charge in [0.1, 0.15) is 18.2 Å². The van der Waals surface area contributed by atoms with E-state index in [0.29, 0.717) is 38.4 Å². The number of ether oxygens (including phenoxy) is 3. The molecule has 0 spiro atoms. The summed E-state index contributed by atoms with van der Waals surface area (Å²) in [4.78, 5) is 0. The summed E-state index contributed by atoms with van der Waals surface area (Å²) in [7, 11) is 3.11. The molecule has 0 heterocycles. The maximum atomic E-state index is 13.8. The average molecular weight is 468 g/mol. The van der Waals surface area contributed by atoms with Gasteiger partial charge in [-0.3, -0.25) is 0 Å². The summed E-state index contributed by atoms with van der Waals surface area (Å²) < 4.78 is 30.7. The molecule has 6 heteroatoms. The fourth-order valence-electron chi connectivity index (χ4n) is 2.85. The SMILES string of the molecule is COc1ccc(/C(C#N)=C/c2ccc(OCc3ccccc3F)c(Br)c2)cc1OC. The number of methoxy groups -OCH3 is 2. The predicted octanol–water partition coefficient (Wildman–Crippen LogP) is 6.25. The quantitative estimate of drug-likeness (QED) is 0.304. The van der Waals surface area contributed by atoms with Crippen molar-refractivity contribution >= 4 is 27.6 Å². The lowest BCUT2D eigenvalue weighted by atomic mass is 10.0. The van der Waals surface area contributed by atoms with E-state index in [-0.39, 0.29) is 12.4 Å². The molecule has 0 saturated heterocycles. The highest BCUT2D eigenvalue weighted by Crippen LogP contribution is 2.32. The molecule has 0 aliphatic heterocycles. The highest BCUT2D eigenvalue weighted by Gasteiger charge is 2.10. The fourth-order valence-corrected chi connectivity index (χ4v) is 3.36. The molecule has 0 fully saturated rings. The third-order valence-electron chi connectivity index (χ3n) is 4.42. The third kappa shape index (κ3) is 5.00. The number of benzene rings is 3. The van der Waals surface area contributed by atoms with Crippen molar-refractivity contribution in [2.45, 2.75) is 6.61 Å². The highest BCUT2D eigenvalue weighted by molar-refractivity contribution is 9.10. The third-order valence-corrected chi connectivity index (χ3v) is 5.04. The van der Waals surface area contributed by atoms with Crippen LogP contribution in [0.3, 0.4) is 0 Å². The number of hydrogen-bond donors (Lipinski definition) is 0. The first-order valence-corrected chi connectivity index (χ1v) is 9.85. The van der Waals surface area contributed by atoms with E-state index in [4.69, 9.17) is 14.2 Å². The van der Waals surface area contributed by atoms with Gasteiger partial charge in [0.2, 0.25) is 0 Å². The Hall–Kier alpha value is -3.30. The van der Waals surface area contributed by atoms with Gasteiger partial charge in [0.15, 0.2) is 11.5 Å². The lowest BCUT2D eigenvalue weighted by Gasteiger charge is -2.10. The lowest BCUT2D eigenvalue weighted by molar-refractivity contribution is 0.298. The summed E-state index contributed by atoms with van der Waals surface area (Å²) in [5.74, 6) is 1.42. The van der Waals surface area contributed by atoms with Crippen LogP contribution in [0.15, 0.2) is 65.1 Å². The molecule has 0 aromatic heterocycles. The van der Waals surface area contributed by atoms with E-state index in [9.17, 15) is 9.65 Å². The van der Waals surface area contributed by atoms with Crippen LogP contribution in [0.1, 0.15) is 16.7 Å². The van der Waals surface area contributed by atoms with E-state index in [1.165, 1.54) is 6.07 Å². The molecular weight excluding hydrogens is 449 g/mol. The van der Waals surface area contributed by atoms with Crippen molar-refractivity contribution in [1.29, 1.82) is 5.26 Å². The molecule has 0 radical (unpaired) electrons. The van der Waals surface area contributed by atoms with Crippen LogP contribution in [-0.4, -0.2) is 14.2 Å². The minimum atomic E-state index is -0.304. The average Bonchev–Trinajstić information content (AvgIpc) is 2.77. The summed E-state index contributed by atoms with van der Waals surface area (Å²) in [6.07, 6.45) is 1.77. The molecule has 3 aromatic carbocycles. The Bertz CT molecular complexity index is 1120. The minimum absolute atomic E-state index is 0.121. The van der Waals surface area contributed by atoms with E-state index >= 15 is 0 Å². The molecule has 0 aliphatic carbocycles. The second-order valence-electron chi connectivity index (χ2n) is 6.31. The minimum Gasteiger partial charge on any atom is -0.493 e. The molecule has 0 unspecified atom stereocenters. The zero-order valence-electron chi connectivity index (χ0n) is 16.5. The van der Waals surface area contributed by atoms with Gasteiger partial charge in [-0.25, -0.2) is 4.39 Å². The normalized spacial score (nSPS) is 11.0. The van der Waals surface area contributed by atoms with Gasteiger partial charge in [0.25, 0.3) is 0 Å². The van der Waals surface area contributed by atoms with Crippen LogP contribution >= 0.6 is 15.9 Å². The highest BCUT2D eigenvalue weighted by atomic mass is 79.9. The van der Waals surface area contributed by atoms with Crippen molar-refractivity contribution in [1.82, 2.24) is 0 Å².